The molecule has 3 heterocycles. The van der Waals surface area contributed by atoms with Crippen LogP contribution in [-0.4, -0.2) is 146 Å². The molecule has 3 aromatic rings. The molecule has 0 radical (unpaired) electrons. The van der Waals surface area contributed by atoms with Gasteiger partial charge in [-0.2, -0.15) is 0 Å². The first-order valence-electron chi connectivity index (χ1n) is 24.4. The molecule has 1 saturated heterocycles. The lowest BCUT2D eigenvalue weighted by molar-refractivity contribution is -0.149. The number of nitrogens with zero attached hydrogens (tertiary/aromatic N) is 6. The lowest BCUT2D eigenvalue weighted by atomic mass is 9.83. The van der Waals surface area contributed by atoms with Gasteiger partial charge in [0.2, 0.25) is 11.8 Å². The molecule has 0 unspecified atom stereocenters. The van der Waals surface area contributed by atoms with E-state index in [1.54, 1.807) is 39.4 Å². The molecule has 1 aliphatic rings. The molecule has 4 rings (SSSR count). The fourth-order valence-corrected chi connectivity index (χ4v) is 11.6. The summed E-state index contributed by atoms with van der Waals surface area (Å²) in [6.07, 6.45) is 2.60. The number of benzene rings is 1. The molecule has 3 amide bonds. The smallest absolute Gasteiger partial charge is 0.410 e. The van der Waals surface area contributed by atoms with E-state index in [-0.39, 0.29) is 79.0 Å². The number of aromatic amines is 1. The Bertz CT molecular complexity index is 2110. The summed E-state index contributed by atoms with van der Waals surface area (Å²) in [5, 5.41) is 11.6. The first-order valence-corrected chi connectivity index (χ1v) is 26.5. The number of nitrogens with one attached hydrogen (secondary N) is 1. The van der Waals surface area contributed by atoms with Crippen LogP contribution >= 0.6 is 21.6 Å². The average Bonchev–Trinajstić information content (AvgIpc) is 3.99. The van der Waals surface area contributed by atoms with Gasteiger partial charge in [-0.25, -0.2) is 19.7 Å². The second kappa shape index (κ2) is 26.4. The molecule has 16 nitrogen and oxygen atoms in total. The van der Waals surface area contributed by atoms with Crippen LogP contribution in [0.25, 0.3) is 11.2 Å². The molecule has 2 aromatic heterocycles. The summed E-state index contributed by atoms with van der Waals surface area (Å²) in [7, 11) is 9.29. The van der Waals surface area contributed by atoms with Gasteiger partial charge in [0.25, 0.3) is 0 Å². The highest BCUT2D eigenvalue weighted by molar-refractivity contribution is 8.77. The molecule has 18 heteroatoms. The molecule has 1 aliphatic heterocycles. The predicted octanol–water partition coefficient (Wildman–Crippen LogP) is 8.45. The Kier molecular flexibility index (Phi) is 22.0. The van der Waals surface area contributed by atoms with Crippen molar-refractivity contribution in [1.29, 1.82) is 0 Å². The number of H-pyrrole nitrogens is 1. The van der Waals surface area contributed by atoms with Crippen molar-refractivity contribution in [2.75, 3.05) is 41.5 Å². The van der Waals surface area contributed by atoms with Crippen molar-refractivity contribution >= 4 is 62.2 Å². The zero-order valence-electron chi connectivity index (χ0n) is 43.3. The van der Waals surface area contributed by atoms with E-state index in [2.05, 4.69) is 19.9 Å². The molecule has 1 aromatic carbocycles. The number of aliphatic hydroxyl groups is 1. The van der Waals surface area contributed by atoms with Gasteiger partial charge in [-0.15, -0.1) is 0 Å². The van der Waals surface area contributed by atoms with Gasteiger partial charge in [-0.1, -0.05) is 103 Å². The molecule has 69 heavy (non-hydrogen) atoms. The third-order valence-corrected chi connectivity index (χ3v) is 16.9. The Labute approximate surface area is 417 Å². The maximum absolute atomic E-state index is 14.7. The summed E-state index contributed by atoms with van der Waals surface area (Å²) in [6, 6.07) is 7.60. The van der Waals surface area contributed by atoms with E-state index >= 15 is 0 Å². The number of ether oxygens (including phenoxy) is 3. The number of amides is 3. The highest BCUT2D eigenvalue weighted by Gasteiger charge is 2.44. The van der Waals surface area contributed by atoms with Crippen LogP contribution in [0.5, 0.6) is 0 Å². The number of imidazole rings is 1. The summed E-state index contributed by atoms with van der Waals surface area (Å²) in [6.45, 7) is 19.8. The van der Waals surface area contributed by atoms with E-state index in [4.69, 9.17) is 14.2 Å². The first-order chi connectivity index (χ1) is 32.6. The minimum Gasteiger partial charge on any atom is -0.448 e. The zero-order valence-corrected chi connectivity index (χ0v) is 45.0. The lowest BCUT2D eigenvalue weighted by Gasteiger charge is -2.41. The van der Waals surface area contributed by atoms with E-state index in [1.165, 1.54) is 32.8 Å². The molecular formula is C51H79N7O9S2. The number of ketones is 2. The number of Topliss-reactive ketones (excluding diaryl/α,β-unsaturated/α-hetero) is 2. The van der Waals surface area contributed by atoms with Crippen LogP contribution in [-0.2, 0) is 33.4 Å². The minimum atomic E-state index is -0.847. The molecule has 10 atom stereocenters. The van der Waals surface area contributed by atoms with Gasteiger partial charge in [-0.05, 0) is 66.7 Å². The van der Waals surface area contributed by atoms with Crippen molar-refractivity contribution in [3.63, 3.8) is 0 Å². The summed E-state index contributed by atoms with van der Waals surface area (Å²) in [5.41, 5.74) is 2.04. The fourth-order valence-electron chi connectivity index (χ4n) is 9.58. The van der Waals surface area contributed by atoms with Crippen LogP contribution in [0.1, 0.15) is 119 Å². The van der Waals surface area contributed by atoms with Gasteiger partial charge >= 0.3 is 6.09 Å². The van der Waals surface area contributed by atoms with Crippen molar-refractivity contribution in [2.45, 2.75) is 154 Å². The first kappa shape index (κ1) is 57.5. The van der Waals surface area contributed by atoms with Crippen molar-refractivity contribution in [2.24, 2.45) is 35.5 Å². The second-order valence-electron chi connectivity index (χ2n) is 20.2. The Morgan fingerprint density at radius 2 is 1.59 bits per heavy atom. The number of fused-ring (bicyclic) bond motifs is 1. The lowest BCUT2D eigenvalue weighted by Crippen LogP contribution is -2.54. The van der Waals surface area contributed by atoms with Gasteiger partial charge in [-0.3, -0.25) is 19.2 Å². The van der Waals surface area contributed by atoms with E-state index in [9.17, 15) is 29.1 Å². The fraction of sp³-hybridized carbons (Fsp3) is 0.686. The van der Waals surface area contributed by atoms with Crippen LogP contribution in [0, 0.1) is 35.5 Å². The highest BCUT2D eigenvalue weighted by atomic mass is 33.1. The average molecular weight is 998 g/mol. The monoisotopic (exact) mass is 998 g/mol. The Balaban J connectivity index is 1.42. The van der Waals surface area contributed by atoms with E-state index in [1.807, 2.05) is 104 Å². The van der Waals surface area contributed by atoms with Gasteiger partial charge in [0.15, 0.2) is 16.6 Å². The normalized spacial score (nSPS) is 18.3. The molecule has 384 valence electrons. The Morgan fingerprint density at radius 3 is 2.19 bits per heavy atom. The quantitative estimate of drug-likeness (QED) is 0.0690. The molecule has 2 N–H and O–H groups in total. The topological polar surface area (TPSA) is 197 Å². The van der Waals surface area contributed by atoms with Crippen molar-refractivity contribution in [3.8, 4) is 0 Å². The number of carbonyl (C=O) groups is 5. The third kappa shape index (κ3) is 15.2. The number of hydrogen-bond acceptors (Lipinski definition) is 14. The number of aromatic nitrogens is 4. The van der Waals surface area contributed by atoms with Crippen molar-refractivity contribution in [3.05, 3.63) is 48.4 Å². The number of carbonyl (C=O) groups excluding carboxylic acids is 5. The van der Waals surface area contributed by atoms with Crippen molar-refractivity contribution < 1.29 is 43.3 Å². The number of likely N-dealkylation sites (N-methyl/N-ethyl adjacent to an activating group) is 2. The van der Waals surface area contributed by atoms with Crippen LogP contribution in [0.15, 0.2) is 48.0 Å². The summed E-state index contributed by atoms with van der Waals surface area (Å²) >= 11 is 0. The molecule has 0 aliphatic carbocycles. The van der Waals surface area contributed by atoms with Gasteiger partial charge in [0.05, 0.1) is 53.8 Å². The molecule has 0 bridgehead atoms. The number of methoxy groups -OCH3 is 2. The largest absolute Gasteiger partial charge is 0.448 e. The number of aliphatic hydroxyl groups excluding tert-OH is 1. The Morgan fingerprint density at radius 1 is 0.913 bits per heavy atom. The van der Waals surface area contributed by atoms with Crippen LogP contribution in [0.4, 0.5) is 4.79 Å². The maximum Gasteiger partial charge on any atom is 0.410 e. The Hall–Kier alpha value is -4.10. The summed E-state index contributed by atoms with van der Waals surface area (Å²) in [5.74, 6) is -2.82. The second-order valence-corrected chi connectivity index (χ2v) is 23.0. The summed E-state index contributed by atoms with van der Waals surface area (Å²) in [4.78, 5) is 91.4. The zero-order chi connectivity index (χ0) is 51.3. The SMILES string of the molecule is CC[C@H](C)[C@@H]([C@@H](CC(=O)N1CCC[C@H]1[C@H](OC)[C@@H](C)C(=O)C[C@H](C)[C@@H](O)c1ccccc1)OC)N(C)C(=O)[C@@H](CC(=O)[C@H](C(C)C)N(C)C(=O)OCC(C)(C)SSc1nc2ncncc2[nH]1)C(C)C. The highest BCUT2D eigenvalue weighted by Crippen LogP contribution is 2.40. The molecule has 1 fully saturated rings. The standard InChI is InChI=1S/C51H79N7O9S2/c1-15-32(6)44(41(65-13)26-42(61)58-23-19-22-38(58)46(66-14)34(8)39(59)24-33(7)45(62)35-20-17-16-18-21-35)56(11)48(63)36(30(2)3)25-40(60)43(31(4)5)57(12)50(64)67-28-51(9,10)69-68-49-54-37-27-52-29-53-47(37)55-49/h16-18,20-21,27,29-34,36,38,41,43-46,62H,15,19,22-26,28H2,1-14H3,(H,52,53,54,55)/t32-,33-,34-,36-,38-,41+,43-,44-,45+,46+/m0/s1. The summed E-state index contributed by atoms with van der Waals surface area (Å²) < 4.78 is 17.4. The van der Waals surface area contributed by atoms with Gasteiger partial charge in [0, 0.05) is 59.5 Å². The number of likely N-dealkylation sites (tertiary alicyclic amines) is 1. The van der Waals surface area contributed by atoms with Gasteiger partial charge < -0.3 is 39.0 Å². The third-order valence-electron chi connectivity index (χ3n) is 13.8. The van der Waals surface area contributed by atoms with E-state index < -0.39 is 53.1 Å². The van der Waals surface area contributed by atoms with Crippen molar-refractivity contribution in [1.82, 2.24) is 34.6 Å². The van der Waals surface area contributed by atoms with Gasteiger partial charge in [0.1, 0.15) is 24.2 Å². The number of rotatable bonds is 27. The van der Waals surface area contributed by atoms with Crippen LogP contribution in [0.2, 0.25) is 0 Å². The maximum atomic E-state index is 14.7. The molecular weight excluding hydrogens is 919 g/mol. The van der Waals surface area contributed by atoms with Crippen LogP contribution in [0.3, 0.4) is 0 Å². The van der Waals surface area contributed by atoms with E-state index in [0.717, 1.165) is 17.5 Å². The molecule has 0 spiro atoms. The predicted molar refractivity (Wildman–Crippen MR) is 271 cm³/mol. The molecule has 0 saturated carbocycles. The number of hydrogen-bond donors (Lipinski definition) is 2. The minimum absolute atomic E-state index is 0.00457. The van der Waals surface area contributed by atoms with Crippen LogP contribution < -0.4 is 0 Å². The van der Waals surface area contributed by atoms with E-state index in [0.29, 0.717) is 30.2 Å².